The third kappa shape index (κ3) is 4.34. The van der Waals surface area contributed by atoms with Crippen molar-refractivity contribution in [2.75, 3.05) is 0 Å². The van der Waals surface area contributed by atoms with Crippen molar-refractivity contribution in [1.82, 2.24) is 5.32 Å². The highest BCUT2D eigenvalue weighted by molar-refractivity contribution is 6.01. The van der Waals surface area contributed by atoms with Gasteiger partial charge < -0.3 is 14.2 Å². The van der Waals surface area contributed by atoms with E-state index in [1.54, 1.807) is 43.3 Å². The fraction of sp³-hybridized carbons (Fsp3) is 0.100. The molecule has 2 heterocycles. The average molecular weight is 377 g/mol. The van der Waals surface area contributed by atoms with Gasteiger partial charge in [0, 0.05) is 23.8 Å². The number of hydrogen-bond donors (Lipinski definition) is 1. The van der Waals surface area contributed by atoms with E-state index in [2.05, 4.69) is 5.32 Å². The molecule has 1 N–H and O–H groups in total. The molecule has 0 saturated heterocycles. The maximum absolute atomic E-state index is 12.2. The maximum atomic E-state index is 12.2. The Bertz CT molecular complexity index is 1100. The van der Waals surface area contributed by atoms with E-state index in [-0.39, 0.29) is 23.6 Å². The number of nitrogens with one attached hydrogen (secondary N) is 1. The van der Waals surface area contributed by atoms with Gasteiger partial charge in [0.2, 0.25) is 0 Å². The van der Waals surface area contributed by atoms with E-state index in [0.717, 1.165) is 5.76 Å². The number of benzene rings is 1. The van der Waals surface area contributed by atoms with Crippen LogP contribution in [0.4, 0.5) is 5.69 Å². The predicted molar refractivity (Wildman–Crippen MR) is 99.7 cm³/mol. The van der Waals surface area contributed by atoms with E-state index in [0.29, 0.717) is 17.1 Å². The van der Waals surface area contributed by atoms with Crippen molar-refractivity contribution in [3.8, 4) is 17.4 Å². The minimum atomic E-state index is -0.565. The highest BCUT2D eigenvalue weighted by Gasteiger charge is 2.13. The summed E-state index contributed by atoms with van der Waals surface area (Å²) in [6, 6.07) is 14.5. The molecule has 0 fully saturated rings. The standard InChI is InChI=1S/C20H15N3O5/c1-13-5-6-18(27-13)12-22-20(24)15(11-21)10-17-7-8-19(28-17)14-3-2-4-16(9-14)23(25)26/h2-10H,12H2,1H3,(H,22,24). The summed E-state index contributed by atoms with van der Waals surface area (Å²) in [5.74, 6) is 1.41. The van der Waals surface area contributed by atoms with Crippen molar-refractivity contribution in [3.63, 3.8) is 0 Å². The molecule has 0 aliphatic rings. The number of nitriles is 1. The number of non-ortho nitro benzene ring substituents is 1. The first-order chi connectivity index (χ1) is 13.5. The summed E-state index contributed by atoms with van der Waals surface area (Å²) in [4.78, 5) is 22.6. The molecule has 1 amide bonds. The lowest BCUT2D eigenvalue weighted by atomic mass is 10.1. The fourth-order valence-electron chi connectivity index (χ4n) is 2.49. The molecule has 0 aliphatic heterocycles. The second-order valence-electron chi connectivity index (χ2n) is 5.87. The molecule has 3 aromatic rings. The van der Waals surface area contributed by atoms with Crippen molar-refractivity contribution < 1.29 is 18.6 Å². The lowest BCUT2D eigenvalue weighted by molar-refractivity contribution is -0.384. The van der Waals surface area contributed by atoms with Crippen LogP contribution in [0.3, 0.4) is 0 Å². The number of nitro benzene ring substituents is 1. The Morgan fingerprint density at radius 2 is 2.07 bits per heavy atom. The lowest BCUT2D eigenvalue weighted by Crippen LogP contribution is -2.23. The zero-order chi connectivity index (χ0) is 20.1. The molecule has 0 bridgehead atoms. The van der Waals surface area contributed by atoms with Gasteiger partial charge in [0.05, 0.1) is 11.5 Å². The molecule has 28 heavy (non-hydrogen) atoms. The molecular weight excluding hydrogens is 362 g/mol. The van der Waals surface area contributed by atoms with Crippen LogP contribution in [0.25, 0.3) is 17.4 Å². The Kier molecular flexibility index (Phi) is 5.37. The zero-order valence-corrected chi connectivity index (χ0v) is 14.8. The van der Waals surface area contributed by atoms with Crippen LogP contribution in [0, 0.1) is 28.4 Å². The zero-order valence-electron chi connectivity index (χ0n) is 14.8. The Morgan fingerprint density at radius 1 is 1.25 bits per heavy atom. The molecule has 3 rings (SSSR count). The molecule has 0 radical (unpaired) electrons. The SMILES string of the molecule is Cc1ccc(CNC(=O)C(C#N)=Cc2ccc(-c3cccc([N+](=O)[O-])c3)o2)o1. The molecule has 0 spiro atoms. The van der Waals surface area contributed by atoms with Crippen molar-refractivity contribution in [2.45, 2.75) is 13.5 Å². The number of aryl methyl sites for hydroxylation is 1. The van der Waals surface area contributed by atoms with E-state index in [1.165, 1.54) is 18.2 Å². The van der Waals surface area contributed by atoms with E-state index in [9.17, 15) is 20.2 Å². The summed E-state index contributed by atoms with van der Waals surface area (Å²) >= 11 is 0. The van der Waals surface area contributed by atoms with Crippen LogP contribution in [0.5, 0.6) is 0 Å². The van der Waals surface area contributed by atoms with E-state index < -0.39 is 10.8 Å². The molecule has 1 aromatic carbocycles. The normalized spacial score (nSPS) is 11.1. The summed E-state index contributed by atoms with van der Waals surface area (Å²) in [6.07, 6.45) is 1.31. The lowest BCUT2D eigenvalue weighted by Gasteiger charge is -2.01. The van der Waals surface area contributed by atoms with Gasteiger partial charge in [0.25, 0.3) is 11.6 Å². The second-order valence-corrected chi connectivity index (χ2v) is 5.87. The van der Waals surface area contributed by atoms with Gasteiger partial charge in [-0.15, -0.1) is 0 Å². The minimum absolute atomic E-state index is 0.0590. The van der Waals surface area contributed by atoms with Crippen LogP contribution in [-0.2, 0) is 11.3 Å². The first-order valence-corrected chi connectivity index (χ1v) is 8.26. The van der Waals surface area contributed by atoms with Gasteiger partial charge >= 0.3 is 0 Å². The van der Waals surface area contributed by atoms with Gasteiger partial charge in [-0.25, -0.2) is 0 Å². The number of nitro groups is 1. The largest absolute Gasteiger partial charge is 0.465 e. The van der Waals surface area contributed by atoms with Crippen molar-refractivity contribution in [2.24, 2.45) is 0 Å². The highest BCUT2D eigenvalue weighted by atomic mass is 16.6. The Hall–Kier alpha value is -4.12. The highest BCUT2D eigenvalue weighted by Crippen LogP contribution is 2.26. The molecule has 0 saturated carbocycles. The molecule has 8 nitrogen and oxygen atoms in total. The predicted octanol–water partition coefficient (Wildman–Crippen LogP) is 3.98. The quantitative estimate of drug-likeness (QED) is 0.300. The number of amides is 1. The van der Waals surface area contributed by atoms with E-state index in [1.807, 2.05) is 6.07 Å². The summed E-state index contributed by atoms with van der Waals surface area (Å²) in [6.45, 7) is 1.95. The Morgan fingerprint density at radius 3 is 2.75 bits per heavy atom. The molecular formula is C20H15N3O5. The topological polar surface area (TPSA) is 122 Å². The van der Waals surface area contributed by atoms with Crippen LogP contribution in [-0.4, -0.2) is 10.8 Å². The average Bonchev–Trinajstić information content (AvgIpc) is 3.33. The monoisotopic (exact) mass is 377 g/mol. The van der Waals surface area contributed by atoms with Gasteiger partial charge in [0.15, 0.2) is 0 Å². The van der Waals surface area contributed by atoms with Gasteiger partial charge in [0.1, 0.15) is 34.7 Å². The number of hydrogen-bond acceptors (Lipinski definition) is 6. The molecule has 2 aromatic heterocycles. The van der Waals surface area contributed by atoms with Crippen molar-refractivity contribution in [1.29, 1.82) is 5.26 Å². The molecule has 8 heteroatoms. The van der Waals surface area contributed by atoms with Crippen molar-refractivity contribution in [3.05, 3.63) is 81.5 Å². The van der Waals surface area contributed by atoms with E-state index in [4.69, 9.17) is 8.83 Å². The fourth-order valence-corrected chi connectivity index (χ4v) is 2.49. The van der Waals surface area contributed by atoms with Crippen LogP contribution >= 0.6 is 0 Å². The molecule has 0 atom stereocenters. The number of nitrogens with zero attached hydrogens (tertiary/aromatic N) is 2. The van der Waals surface area contributed by atoms with Crippen LogP contribution in [0.15, 0.2) is 62.9 Å². The van der Waals surface area contributed by atoms with Gasteiger partial charge in [-0.2, -0.15) is 5.26 Å². The Labute approximate surface area is 159 Å². The molecule has 0 aliphatic carbocycles. The minimum Gasteiger partial charge on any atom is -0.465 e. The Balaban J connectivity index is 1.74. The van der Waals surface area contributed by atoms with Crippen LogP contribution in [0.2, 0.25) is 0 Å². The summed E-state index contributed by atoms with van der Waals surface area (Å²) in [5, 5.41) is 22.8. The summed E-state index contributed by atoms with van der Waals surface area (Å²) in [5.41, 5.74) is 0.324. The van der Waals surface area contributed by atoms with Gasteiger partial charge in [-0.1, -0.05) is 12.1 Å². The summed E-state index contributed by atoms with van der Waals surface area (Å²) in [7, 11) is 0. The molecule has 140 valence electrons. The first-order valence-electron chi connectivity index (χ1n) is 8.26. The third-order valence-electron chi connectivity index (χ3n) is 3.84. The van der Waals surface area contributed by atoms with Crippen LogP contribution in [0.1, 0.15) is 17.3 Å². The first kappa shape index (κ1) is 18.7. The van der Waals surface area contributed by atoms with Gasteiger partial charge in [-0.3, -0.25) is 14.9 Å². The van der Waals surface area contributed by atoms with Crippen molar-refractivity contribution >= 4 is 17.7 Å². The molecule has 0 unspecified atom stereocenters. The number of furan rings is 2. The maximum Gasteiger partial charge on any atom is 0.270 e. The number of carbonyl (C=O) groups excluding carboxylic acids is 1. The van der Waals surface area contributed by atoms with E-state index >= 15 is 0 Å². The van der Waals surface area contributed by atoms with Crippen LogP contribution < -0.4 is 5.32 Å². The second kappa shape index (κ2) is 8.05. The third-order valence-corrected chi connectivity index (χ3v) is 3.84. The van der Waals surface area contributed by atoms with Gasteiger partial charge in [-0.05, 0) is 31.2 Å². The summed E-state index contributed by atoms with van der Waals surface area (Å²) < 4.78 is 11.0. The number of carbonyl (C=O) groups is 1. The number of rotatable bonds is 6. The smallest absolute Gasteiger partial charge is 0.270 e.